The van der Waals surface area contributed by atoms with E-state index in [-0.39, 0.29) is 24.0 Å². The normalized spacial score (nSPS) is 10.7. The van der Waals surface area contributed by atoms with Gasteiger partial charge in [-0.25, -0.2) is 9.07 Å². The van der Waals surface area contributed by atoms with E-state index in [4.69, 9.17) is 9.47 Å². The minimum absolute atomic E-state index is 0.248. The van der Waals surface area contributed by atoms with Crippen molar-refractivity contribution in [2.45, 2.75) is 27.3 Å². The molecule has 0 saturated carbocycles. The first-order valence-electron chi connectivity index (χ1n) is 9.02. The maximum Gasteiger partial charge on any atom is 0.296 e. The fourth-order valence-electron chi connectivity index (χ4n) is 3.02. The highest BCUT2D eigenvalue weighted by molar-refractivity contribution is 5.64. The van der Waals surface area contributed by atoms with Crippen molar-refractivity contribution >= 4 is 11.6 Å². The molecular formula is C21H23FN4O3. The molecule has 0 amide bonds. The summed E-state index contributed by atoms with van der Waals surface area (Å²) in [4.78, 5) is 16.2. The van der Waals surface area contributed by atoms with Crippen LogP contribution in [0.1, 0.15) is 22.4 Å². The highest BCUT2D eigenvalue weighted by Gasteiger charge is 2.13. The number of nitrogens with one attached hydrogen (secondary N) is 1. The van der Waals surface area contributed by atoms with Crippen molar-refractivity contribution in [2.75, 3.05) is 19.5 Å². The molecule has 0 aliphatic heterocycles. The number of hydrogen-bond acceptors (Lipinski definition) is 6. The number of anilines is 2. The van der Waals surface area contributed by atoms with Gasteiger partial charge < -0.3 is 14.8 Å². The molecule has 1 N–H and O–H groups in total. The Morgan fingerprint density at radius 3 is 2.38 bits per heavy atom. The molecule has 1 heterocycles. The first-order chi connectivity index (χ1) is 13.8. The van der Waals surface area contributed by atoms with E-state index in [1.807, 2.05) is 26.0 Å². The smallest absolute Gasteiger partial charge is 0.296 e. The van der Waals surface area contributed by atoms with Gasteiger partial charge in [-0.1, -0.05) is 6.07 Å². The topological polar surface area (TPSA) is 78.3 Å². The third-order valence-corrected chi connectivity index (χ3v) is 4.44. The largest absolute Gasteiger partial charge is 0.493 e. The molecule has 0 atom stereocenters. The predicted octanol–water partition coefficient (Wildman–Crippen LogP) is 3.51. The van der Waals surface area contributed by atoms with Gasteiger partial charge in [0.15, 0.2) is 11.5 Å². The van der Waals surface area contributed by atoms with Crippen molar-refractivity contribution in [2.24, 2.45) is 0 Å². The van der Waals surface area contributed by atoms with Crippen LogP contribution in [0.2, 0.25) is 0 Å². The third kappa shape index (κ3) is 4.53. The molecule has 0 radical (unpaired) electrons. The molecule has 1 aromatic heterocycles. The molecule has 0 aliphatic rings. The van der Waals surface area contributed by atoms with E-state index in [2.05, 4.69) is 15.4 Å². The molecule has 0 unspecified atom stereocenters. The Hall–Kier alpha value is -3.42. The van der Waals surface area contributed by atoms with Crippen LogP contribution in [-0.2, 0) is 6.54 Å². The summed E-state index contributed by atoms with van der Waals surface area (Å²) >= 11 is 0. The zero-order chi connectivity index (χ0) is 21.1. The molecule has 0 aliphatic carbocycles. The average Bonchev–Trinajstić information content (AvgIpc) is 2.66. The lowest BCUT2D eigenvalue weighted by molar-refractivity contribution is 0.355. The highest BCUT2D eigenvalue weighted by Crippen LogP contribution is 2.33. The number of nitrogens with zero attached hydrogens (tertiary/aromatic N) is 3. The Balaban J connectivity index is 2.03. The molecule has 29 heavy (non-hydrogen) atoms. The van der Waals surface area contributed by atoms with Crippen LogP contribution in [0.5, 0.6) is 11.5 Å². The van der Waals surface area contributed by atoms with Gasteiger partial charge in [-0.2, -0.15) is 10.1 Å². The van der Waals surface area contributed by atoms with Crippen LogP contribution in [0.4, 0.5) is 16.0 Å². The van der Waals surface area contributed by atoms with Crippen molar-refractivity contribution in [1.29, 1.82) is 0 Å². The number of ether oxygens (including phenoxy) is 2. The lowest BCUT2D eigenvalue weighted by Crippen LogP contribution is -2.23. The standard InChI is InChI=1S/C21H23FN4O3/c1-12-6-15(9-16(22)7-12)11-26-21(24-20(27)14(3)25-26)23-17-10-19(29-5)18(28-4)8-13(17)2/h6-10H,11H2,1-5H3,(H,23,24,27). The predicted molar refractivity (Wildman–Crippen MR) is 109 cm³/mol. The zero-order valence-corrected chi connectivity index (χ0v) is 17.0. The summed E-state index contributed by atoms with van der Waals surface area (Å²) in [7, 11) is 3.11. The minimum atomic E-state index is -0.433. The van der Waals surface area contributed by atoms with Gasteiger partial charge in [0.1, 0.15) is 11.5 Å². The van der Waals surface area contributed by atoms with Crippen molar-refractivity contribution in [1.82, 2.24) is 14.8 Å². The maximum atomic E-state index is 13.8. The molecule has 152 valence electrons. The summed E-state index contributed by atoms with van der Waals surface area (Å²) in [6, 6.07) is 8.34. The zero-order valence-electron chi connectivity index (χ0n) is 17.0. The Labute approximate surface area is 168 Å². The van der Waals surface area contributed by atoms with Gasteiger partial charge >= 0.3 is 0 Å². The summed E-state index contributed by atoms with van der Waals surface area (Å²) in [6.45, 7) is 5.56. The molecule has 0 bridgehead atoms. The first-order valence-corrected chi connectivity index (χ1v) is 9.02. The van der Waals surface area contributed by atoms with Crippen LogP contribution in [0.25, 0.3) is 0 Å². The molecular weight excluding hydrogens is 375 g/mol. The summed E-state index contributed by atoms with van der Waals surface area (Å²) < 4.78 is 26.0. The third-order valence-electron chi connectivity index (χ3n) is 4.44. The van der Waals surface area contributed by atoms with Crippen LogP contribution in [0.3, 0.4) is 0 Å². The SMILES string of the molecule is COc1cc(C)c(Nc2nc(=O)c(C)nn2Cc2cc(C)cc(F)c2)cc1OC. The Bertz CT molecular complexity index is 1090. The lowest BCUT2D eigenvalue weighted by atomic mass is 10.1. The van der Waals surface area contributed by atoms with Gasteiger partial charge in [-0.15, -0.1) is 0 Å². The number of aromatic nitrogens is 3. The summed E-state index contributed by atoms with van der Waals surface area (Å²) in [5.74, 6) is 1.06. The average molecular weight is 398 g/mol. The van der Waals surface area contributed by atoms with E-state index in [9.17, 15) is 9.18 Å². The van der Waals surface area contributed by atoms with Gasteiger partial charge in [0.05, 0.1) is 20.8 Å². The Morgan fingerprint density at radius 1 is 1.03 bits per heavy atom. The molecule has 2 aromatic carbocycles. The molecule has 8 heteroatoms. The summed E-state index contributed by atoms with van der Waals surface area (Å²) in [5, 5.41) is 7.47. The van der Waals surface area contributed by atoms with Crippen LogP contribution >= 0.6 is 0 Å². The number of rotatable bonds is 6. The van der Waals surface area contributed by atoms with Crippen LogP contribution in [0, 0.1) is 26.6 Å². The fraction of sp³-hybridized carbons (Fsp3) is 0.286. The monoisotopic (exact) mass is 398 g/mol. The molecule has 3 rings (SSSR count). The van der Waals surface area contributed by atoms with Gasteiger partial charge in [-0.3, -0.25) is 4.79 Å². The van der Waals surface area contributed by atoms with Crippen LogP contribution in [0.15, 0.2) is 35.1 Å². The van der Waals surface area contributed by atoms with E-state index < -0.39 is 5.56 Å². The summed E-state index contributed by atoms with van der Waals surface area (Å²) in [5.41, 5.74) is 2.89. The van der Waals surface area contributed by atoms with Crippen molar-refractivity contribution in [3.05, 3.63) is 68.9 Å². The van der Waals surface area contributed by atoms with Crippen molar-refractivity contribution < 1.29 is 13.9 Å². The quantitative estimate of drug-likeness (QED) is 0.685. The van der Waals surface area contributed by atoms with Crippen LogP contribution < -0.4 is 20.3 Å². The lowest BCUT2D eigenvalue weighted by Gasteiger charge is -2.17. The van der Waals surface area contributed by atoms with Crippen molar-refractivity contribution in [3.63, 3.8) is 0 Å². The molecule has 3 aromatic rings. The highest BCUT2D eigenvalue weighted by atomic mass is 19.1. The molecule has 0 saturated heterocycles. The Kier molecular flexibility index (Phi) is 5.81. The second-order valence-electron chi connectivity index (χ2n) is 6.77. The van der Waals surface area contributed by atoms with Gasteiger partial charge in [0.25, 0.3) is 5.56 Å². The van der Waals surface area contributed by atoms with E-state index in [1.54, 1.807) is 31.9 Å². The number of hydrogen-bond donors (Lipinski definition) is 1. The van der Waals surface area contributed by atoms with E-state index >= 15 is 0 Å². The van der Waals surface area contributed by atoms with Gasteiger partial charge in [-0.05, 0) is 55.7 Å². The minimum Gasteiger partial charge on any atom is -0.493 e. The van der Waals surface area contributed by atoms with Crippen molar-refractivity contribution in [3.8, 4) is 11.5 Å². The van der Waals surface area contributed by atoms with Gasteiger partial charge in [0.2, 0.25) is 5.95 Å². The first kappa shape index (κ1) is 20.3. The number of halogens is 1. The van der Waals surface area contributed by atoms with E-state index in [0.717, 1.165) is 11.1 Å². The van der Waals surface area contributed by atoms with E-state index in [1.165, 1.54) is 12.1 Å². The fourth-order valence-corrected chi connectivity index (χ4v) is 3.02. The molecule has 0 spiro atoms. The summed E-state index contributed by atoms with van der Waals surface area (Å²) in [6.07, 6.45) is 0. The van der Waals surface area contributed by atoms with E-state index in [0.29, 0.717) is 22.7 Å². The number of methoxy groups -OCH3 is 2. The maximum absolute atomic E-state index is 13.8. The Morgan fingerprint density at radius 2 is 1.72 bits per heavy atom. The number of aryl methyl sites for hydroxylation is 3. The second kappa shape index (κ2) is 8.30. The second-order valence-corrected chi connectivity index (χ2v) is 6.77. The molecule has 0 fully saturated rings. The van der Waals surface area contributed by atoms with Gasteiger partial charge in [0, 0.05) is 11.8 Å². The van der Waals surface area contributed by atoms with Crippen LogP contribution in [-0.4, -0.2) is 29.0 Å². The molecule has 7 nitrogen and oxygen atoms in total. The number of benzene rings is 2.